The molecule has 0 aliphatic rings. The van der Waals surface area contributed by atoms with Gasteiger partial charge in [0.1, 0.15) is 12.3 Å². The van der Waals surface area contributed by atoms with E-state index in [2.05, 4.69) is 10.3 Å². The Morgan fingerprint density at radius 2 is 1.96 bits per heavy atom. The number of carboxylic acids is 1. The topological polar surface area (TPSA) is 92.9 Å². The molecule has 2 aromatic heterocycles. The smallest absolute Gasteiger partial charge is 0.407 e. The Morgan fingerprint density at radius 3 is 2.71 bits per heavy atom. The van der Waals surface area contributed by atoms with E-state index in [1.807, 2.05) is 30.3 Å². The fourth-order valence-electron chi connectivity index (χ4n) is 2.19. The van der Waals surface area contributed by atoms with Crippen LogP contribution in [0.1, 0.15) is 21.6 Å². The number of carbonyl (C=O) groups is 2. The molecule has 24 heavy (non-hydrogen) atoms. The highest BCUT2D eigenvalue weighted by atomic mass is 16.5. The third-order valence-corrected chi connectivity index (χ3v) is 3.39. The number of aromatic carboxylic acids is 1. The van der Waals surface area contributed by atoms with Crippen molar-refractivity contribution in [1.29, 1.82) is 0 Å². The van der Waals surface area contributed by atoms with Crippen molar-refractivity contribution in [3.8, 4) is 0 Å². The predicted molar refractivity (Wildman–Crippen MR) is 85.6 cm³/mol. The summed E-state index contributed by atoms with van der Waals surface area (Å²) in [4.78, 5) is 26.6. The molecule has 0 saturated heterocycles. The van der Waals surface area contributed by atoms with Crippen LogP contribution in [0.5, 0.6) is 0 Å². The van der Waals surface area contributed by atoms with Crippen LogP contribution in [0.25, 0.3) is 5.65 Å². The number of ether oxygens (including phenoxy) is 1. The lowest BCUT2D eigenvalue weighted by atomic mass is 10.2. The Kier molecular flexibility index (Phi) is 4.42. The first-order chi connectivity index (χ1) is 11.6. The Balaban J connectivity index is 1.56. The molecule has 0 radical (unpaired) electrons. The minimum Gasteiger partial charge on any atom is -0.476 e. The van der Waals surface area contributed by atoms with Gasteiger partial charge in [0.15, 0.2) is 5.69 Å². The van der Waals surface area contributed by atoms with Crippen LogP contribution in [0.3, 0.4) is 0 Å². The number of fused-ring (bicyclic) bond motifs is 1. The summed E-state index contributed by atoms with van der Waals surface area (Å²) < 4.78 is 6.74. The van der Waals surface area contributed by atoms with Gasteiger partial charge in [-0.2, -0.15) is 0 Å². The fraction of sp³-hybridized carbons (Fsp3) is 0.118. The largest absolute Gasteiger partial charge is 0.476 e. The molecule has 0 bridgehead atoms. The monoisotopic (exact) mass is 325 g/mol. The van der Waals surface area contributed by atoms with Crippen LogP contribution in [0, 0.1) is 0 Å². The standard InChI is InChI=1S/C17H15N3O4/c21-16(22)14-10-20-7-6-13(8-15(20)19-14)9-18-17(23)24-11-12-4-2-1-3-5-12/h1-8,10H,9,11H2,(H,18,23)(H,21,22). The molecule has 0 fully saturated rings. The lowest BCUT2D eigenvalue weighted by molar-refractivity contribution is 0.0691. The Morgan fingerprint density at radius 1 is 1.17 bits per heavy atom. The highest BCUT2D eigenvalue weighted by molar-refractivity contribution is 5.86. The SMILES string of the molecule is O=C(NCc1ccn2cc(C(=O)O)nc2c1)OCc1ccccc1. The molecule has 0 aliphatic carbocycles. The van der Waals surface area contributed by atoms with Crippen molar-refractivity contribution in [2.75, 3.05) is 0 Å². The summed E-state index contributed by atoms with van der Waals surface area (Å²) in [5.41, 5.74) is 2.18. The molecule has 3 rings (SSSR count). The highest BCUT2D eigenvalue weighted by Crippen LogP contribution is 2.09. The highest BCUT2D eigenvalue weighted by Gasteiger charge is 2.09. The van der Waals surface area contributed by atoms with E-state index in [9.17, 15) is 9.59 Å². The van der Waals surface area contributed by atoms with Gasteiger partial charge < -0.3 is 19.6 Å². The van der Waals surface area contributed by atoms with E-state index in [0.717, 1.165) is 11.1 Å². The number of amides is 1. The number of nitrogens with zero attached hydrogens (tertiary/aromatic N) is 2. The molecule has 0 atom stereocenters. The third kappa shape index (κ3) is 3.70. The number of alkyl carbamates (subject to hydrolysis) is 1. The normalized spacial score (nSPS) is 10.5. The van der Waals surface area contributed by atoms with Gasteiger partial charge in [0.25, 0.3) is 0 Å². The van der Waals surface area contributed by atoms with Crippen LogP contribution in [0.4, 0.5) is 4.79 Å². The second-order valence-electron chi connectivity index (χ2n) is 5.15. The van der Waals surface area contributed by atoms with Crippen molar-refractivity contribution in [1.82, 2.24) is 14.7 Å². The summed E-state index contributed by atoms with van der Waals surface area (Å²) in [5, 5.41) is 11.6. The summed E-state index contributed by atoms with van der Waals surface area (Å²) in [6.45, 7) is 0.466. The fourth-order valence-corrected chi connectivity index (χ4v) is 2.19. The number of aromatic nitrogens is 2. The molecule has 7 nitrogen and oxygen atoms in total. The maximum Gasteiger partial charge on any atom is 0.407 e. The molecule has 0 spiro atoms. The molecular formula is C17H15N3O4. The molecule has 1 amide bonds. The Hall–Kier alpha value is -3.35. The summed E-state index contributed by atoms with van der Waals surface area (Å²) in [6, 6.07) is 12.9. The van der Waals surface area contributed by atoms with E-state index in [-0.39, 0.29) is 18.8 Å². The second-order valence-corrected chi connectivity index (χ2v) is 5.15. The first kappa shape index (κ1) is 15.5. The Bertz CT molecular complexity index is 874. The van der Waals surface area contributed by atoms with Gasteiger partial charge >= 0.3 is 12.1 Å². The van der Waals surface area contributed by atoms with E-state index < -0.39 is 12.1 Å². The zero-order valence-electron chi connectivity index (χ0n) is 12.7. The van der Waals surface area contributed by atoms with Crippen LogP contribution in [-0.2, 0) is 17.9 Å². The van der Waals surface area contributed by atoms with Crippen molar-refractivity contribution in [2.24, 2.45) is 0 Å². The van der Waals surface area contributed by atoms with E-state index in [1.54, 1.807) is 22.7 Å². The lowest BCUT2D eigenvalue weighted by Gasteiger charge is -2.07. The maximum atomic E-state index is 11.7. The van der Waals surface area contributed by atoms with Gasteiger partial charge in [-0.3, -0.25) is 0 Å². The molecule has 1 aromatic carbocycles. The number of hydrogen-bond donors (Lipinski definition) is 2. The van der Waals surface area contributed by atoms with Gasteiger partial charge in [-0.25, -0.2) is 14.6 Å². The number of hydrogen-bond acceptors (Lipinski definition) is 4. The van der Waals surface area contributed by atoms with E-state index >= 15 is 0 Å². The maximum absolute atomic E-state index is 11.7. The van der Waals surface area contributed by atoms with Crippen LogP contribution < -0.4 is 5.32 Å². The summed E-state index contributed by atoms with van der Waals surface area (Å²) in [5.74, 6) is -1.08. The number of imidazole rings is 1. The third-order valence-electron chi connectivity index (χ3n) is 3.39. The van der Waals surface area contributed by atoms with Crippen LogP contribution in [0.15, 0.2) is 54.9 Å². The van der Waals surface area contributed by atoms with Gasteiger partial charge in [0.2, 0.25) is 0 Å². The van der Waals surface area contributed by atoms with Gasteiger partial charge in [-0.05, 0) is 23.3 Å². The molecule has 7 heteroatoms. The molecule has 2 heterocycles. The predicted octanol–water partition coefficient (Wildman–Crippen LogP) is 2.46. The summed E-state index contributed by atoms with van der Waals surface area (Å²) in [7, 11) is 0. The zero-order chi connectivity index (χ0) is 16.9. The molecular weight excluding hydrogens is 310 g/mol. The van der Waals surface area contributed by atoms with Gasteiger partial charge in [0.05, 0.1) is 0 Å². The molecule has 0 unspecified atom stereocenters. The minimum absolute atomic E-state index is 0.0256. The van der Waals surface area contributed by atoms with E-state index in [0.29, 0.717) is 5.65 Å². The number of pyridine rings is 1. The zero-order valence-corrected chi connectivity index (χ0v) is 12.7. The summed E-state index contributed by atoms with van der Waals surface area (Å²) in [6.07, 6.45) is 2.61. The second kappa shape index (κ2) is 6.82. The van der Waals surface area contributed by atoms with Gasteiger partial charge in [0, 0.05) is 18.9 Å². The van der Waals surface area contributed by atoms with E-state index in [1.165, 1.54) is 6.20 Å². The van der Waals surface area contributed by atoms with Crippen molar-refractivity contribution in [3.05, 3.63) is 71.7 Å². The average molecular weight is 325 g/mol. The van der Waals surface area contributed by atoms with Crippen molar-refractivity contribution < 1.29 is 19.4 Å². The average Bonchev–Trinajstić information content (AvgIpc) is 3.02. The van der Waals surface area contributed by atoms with Crippen molar-refractivity contribution in [3.63, 3.8) is 0 Å². The molecule has 0 saturated carbocycles. The molecule has 0 aliphatic heterocycles. The number of rotatable bonds is 5. The Labute approximate surface area is 137 Å². The van der Waals surface area contributed by atoms with Crippen LogP contribution in [-0.4, -0.2) is 26.6 Å². The number of nitrogens with one attached hydrogen (secondary N) is 1. The van der Waals surface area contributed by atoms with Crippen molar-refractivity contribution >= 4 is 17.7 Å². The summed E-state index contributed by atoms with van der Waals surface area (Å²) >= 11 is 0. The molecule has 3 aromatic rings. The molecule has 2 N–H and O–H groups in total. The van der Waals surface area contributed by atoms with E-state index in [4.69, 9.17) is 9.84 Å². The van der Waals surface area contributed by atoms with Gasteiger partial charge in [-0.1, -0.05) is 30.3 Å². The first-order valence-corrected chi connectivity index (χ1v) is 7.27. The lowest BCUT2D eigenvalue weighted by Crippen LogP contribution is -2.23. The van der Waals surface area contributed by atoms with Crippen LogP contribution >= 0.6 is 0 Å². The number of carboxylic acid groups (broad SMARTS) is 1. The van der Waals surface area contributed by atoms with Gasteiger partial charge in [-0.15, -0.1) is 0 Å². The molecule has 122 valence electrons. The van der Waals surface area contributed by atoms with Crippen LogP contribution in [0.2, 0.25) is 0 Å². The van der Waals surface area contributed by atoms with Crippen molar-refractivity contribution in [2.45, 2.75) is 13.2 Å². The number of carbonyl (C=O) groups excluding carboxylic acids is 1. The first-order valence-electron chi connectivity index (χ1n) is 7.27. The minimum atomic E-state index is -1.08. The number of benzene rings is 1. The quantitative estimate of drug-likeness (QED) is 0.751.